The molecule has 0 saturated carbocycles. The first kappa shape index (κ1) is 18.1. The van der Waals surface area contributed by atoms with Crippen molar-refractivity contribution in [3.05, 3.63) is 70.8 Å². The lowest BCUT2D eigenvalue weighted by Crippen LogP contribution is -2.41. The van der Waals surface area contributed by atoms with E-state index in [1.807, 2.05) is 30.3 Å². The van der Waals surface area contributed by atoms with Crippen LogP contribution in [0.15, 0.2) is 48.5 Å². The van der Waals surface area contributed by atoms with Gasteiger partial charge in [0.25, 0.3) is 5.91 Å². The number of ether oxygens (including phenoxy) is 1. The molecular weight excluding hydrogens is 330 g/mol. The van der Waals surface area contributed by atoms with Crippen molar-refractivity contribution in [3.63, 3.8) is 0 Å². The molecule has 1 N–H and O–H groups in total. The van der Waals surface area contributed by atoms with Crippen LogP contribution in [0.3, 0.4) is 0 Å². The number of carboxylic acids is 1. The zero-order valence-electron chi connectivity index (χ0n) is 14.9. The molecule has 0 aliphatic carbocycles. The molecule has 1 saturated heterocycles. The molecule has 2 aromatic rings. The highest BCUT2D eigenvalue weighted by molar-refractivity contribution is 5.97. The highest BCUT2D eigenvalue weighted by atomic mass is 16.5. The molecule has 0 bridgehead atoms. The molecule has 1 aliphatic rings. The van der Waals surface area contributed by atoms with Crippen molar-refractivity contribution in [1.82, 2.24) is 4.90 Å². The average Bonchev–Trinajstić information content (AvgIpc) is 2.66. The molecule has 0 atom stereocenters. The number of rotatable bonds is 5. The average molecular weight is 353 g/mol. The number of hydrogen-bond acceptors (Lipinski definition) is 3. The molecule has 136 valence electrons. The third-order valence-corrected chi connectivity index (χ3v) is 4.63. The molecule has 2 aromatic carbocycles. The third-order valence-electron chi connectivity index (χ3n) is 4.63. The fourth-order valence-electron chi connectivity index (χ4n) is 3.23. The molecule has 5 nitrogen and oxygen atoms in total. The summed E-state index contributed by atoms with van der Waals surface area (Å²) in [5.41, 5.74) is 2.50. The first-order valence-electron chi connectivity index (χ1n) is 8.83. The molecule has 3 rings (SSSR count). The van der Waals surface area contributed by atoms with Crippen LogP contribution in [0.2, 0.25) is 0 Å². The summed E-state index contributed by atoms with van der Waals surface area (Å²) < 4.78 is 5.96. The molecule has 0 radical (unpaired) electrons. The summed E-state index contributed by atoms with van der Waals surface area (Å²) in [6.07, 6.45) is 1.72. The molecule has 5 heteroatoms. The molecule has 26 heavy (non-hydrogen) atoms. The molecule has 0 unspecified atom stereocenters. The molecule has 0 spiro atoms. The smallest absolute Gasteiger partial charge is 0.335 e. The van der Waals surface area contributed by atoms with Crippen LogP contribution in [0.25, 0.3) is 0 Å². The predicted octanol–water partition coefficient (Wildman–Crippen LogP) is 3.51. The fraction of sp³-hybridized carbons (Fsp3) is 0.333. The van der Waals surface area contributed by atoms with Gasteiger partial charge in [0.15, 0.2) is 0 Å². The lowest BCUT2D eigenvalue weighted by Gasteiger charge is -2.32. The van der Waals surface area contributed by atoms with Gasteiger partial charge in [0.1, 0.15) is 0 Å². The Morgan fingerprint density at radius 2 is 1.73 bits per heavy atom. The first-order valence-corrected chi connectivity index (χ1v) is 8.83. The van der Waals surface area contributed by atoms with Gasteiger partial charge in [-0.25, -0.2) is 4.79 Å². The zero-order chi connectivity index (χ0) is 18.5. The number of benzene rings is 2. The summed E-state index contributed by atoms with van der Waals surface area (Å²) >= 11 is 0. The van der Waals surface area contributed by atoms with E-state index in [9.17, 15) is 14.7 Å². The van der Waals surface area contributed by atoms with Crippen LogP contribution >= 0.6 is 0 Å². The second-order valence-electron chi connectivity index (χ2n) is 6.68. The number of carboxylic acid groups (broad SMARTS) is 1. The standard InChI is InChI=1S/C21H23NO4/c1-15-11-17(13-18(12-15)21(24)25)20(23)22-9-7-19(8-10-22)26-14-16-5-3-2-4-6-16/h2-6,11-13,19H,7-10,14H2,1H3,(H,24,25). The quantitative estimate of drug-likeness (QED) is 0.893. The maximum Gasteiger partial charge on any atom is 0.335 e. The maximum absolute atomic E-state index is 12.7. The number of aryl methyl sites for hydroxylation is 1. The number of amides is 1. The van der Waals surface area contributed by atoms with Gasteiger partial charge in [-0.2, -0.15) is 0 Å². The summed E-state index contributed by atoms with van der Waals surface area (Å²) in [7, 11) is 0. The van der Waals surface area contributed by atoms with Crippen molar-refractivity contribution in [2.75, 3.05) is 13.1 Å². The Morgan fingerprint density at radius 1 is 1.08 bits per heavy atom. The number of hydrogen-bond donors (Lipinski definition) is 1. The van der Waals surface area contributed by atoms with Gasteiger partial charge < -0.3 is 14.7 Å². The van der Waals surface area contributed by atoms with Crippen molar-refractivity contribution in [1.29, 1.82) is 0 Å². The fourth-order valence-corrected chi connectivity index (χ4v) is 3.23. The minimum absolute atomic E-state index is 0.113. The second kappa shape index (κ2) is 8.15. The van der Waals surface area contributed by atoms with E-state index in [2.05, 4.69) is 0 Å². The van der Waals surface area contributed by atoms with Gasteiger partial charge >= 0.3 is 5.97 Å². The van der Waals surface area contributed by atoms with Gasteiger partial charge in [-0.15, -0.1) is 0 Å². The van der Waals surface area contributed by atoms with Gasteiger partial charge in [-0.1, -0.05) is 30.3 Å². The molecular formula is C21H23NO4. The Labute approximate surface area is 153 Å². The number of aromatic carboxylic acids is 1. The van der Waals surface area contributed by atoms with Crippen LogP contribution in [0.5, 0.6) is 0 Å². The largest absolute Gasteiger partial charge is 0.478 e. The van der Waals surface area contributed by atoms with Crippen LogP contribution in [0.1, 0.15) is 44.7 Å². The Hall–Kier alpha value is -2.66. The van der Waals surface area contributed by atoms with Crippen LogP contribution in [0.4, 0.5) is 0 Å². The minimum Gasteiger partial charge on any atom is -0.478 e. The Balaban J connectivity index is 1.56. The lowest BCUT2D eigenvalue weighted by atomic mass is 10.0. The third kappa shape index (κ3) is 4.49. The summed E-state index contributed by atoms with van der Waals surface area (Å²) in [6.45, 7) is 3.62. The van der Waals surface area contributed by atoms with Crippen molar-refractivity contribution in [2.45, 2.75) is 32.5 Å². The van der Waals surface area contributed by atoms with Crippen LogP contribution in [0, 0.1) is 6.92 Å². The number of carbonyl (C=O) groups excluding carboxylic acids is 1. The monoisotopic (exact) mass is 353 g/mol. The lowest BCUT2D eigenvalue weighted by molar-refractivity contribution is -0.000382. The summed E-state index contributed by atoms with van der Waals surface area (Å²) in [6, 6.07) is 14.8. The van der Waals surface area contributed by atoms with Crippen LogP contribution < -0.4 is 0 Å². The van der Waals surface area contributed by atoms with E-state index >= 15 is 0 Å². The molecule has 1 heterocycles. The summed E-state index contributed by atoms with van der Waals surface area (Å²) in [4.78, 5) is 25.7. The van der Waals surface area contributed by atoms with Gasteiger partial charge in [0, 0.05) is 18.7 Å². The molecule has 1 amide bonds. The van der Waals surface area contributed by atoms with Crippen molar-refractivity contribution < 1.29 is 19.4 Å². The number of piperidine rings is 1. The Bertz CT molecular complexity index is 780. The normalized spacial score (nSPS) is 15.0. The van der Waals surface area contributed by atoms with Crippen LogP contribution in [-0.2, 0) is 11.3 Å². The molecule has 0 aromatic heterocycles. The van der Waals surface area contributed by atoms with Gasteiger partial charge in [0.05, 0.1) is 18.3 Å². The highest BCUT2D eigenvalue weighted by Crippen LogP contribution is 2.19. The van der Waals surface area contributed by atoms with Crippen molar-refractivity contribution in [2.24, 2.45) is 0 Å². The van der Waals surface area contributed by atoms with E-state index in [-0.39, 0.29) is 17.6 Å². The van der Waals surface area contributed by atoms with Gasteiger partial charge in [-0.3, -0.25) is 4.79 Å². The summed E-state index contributed by atoms with van der Waals surface area (Å²) in [5, 5.41) is 9.17. The summed E-state index contributed by atoms with van der Waals surface area (Å²) in [5.74, 6) is -1.13. The van der Waals surface area contributed by atoms with Crippen LogP contribution in [-0.4, -0.2) is 41.1 Å². The van der Waals surface area contributed by atoms with Crippen molar-refractivity contribution >= 4 is 11.9 Å². The maximum atomic E-state index is 12.7. The zero-order valence-corrected chi connectivity index (χ0v) is 14.9. The first-order chi connectivity index (χ1) is 12.5. The molecule has 1 aliphatic heterocycles. The Kier molecular flexibility index (Phi) is 5.68. The SMILES string of the molecule is Cc1cc(C(=O)O)cc(C(=O)N2CCC(OCc3ccccc3)CC2)c1. The second-order valence-corrected chi connectivity index (χ2v) is 6.68. The Morgan fingerprint density at radius 3 is 2.38 bits per heavy atom. The highest BCUT2D eigenvalue weighted by Gasteiger charge is 2.24. The predicted molar refractivity (Wildman–Crippen MR) is 98.3 cm³/mol. The van der Waals surface area contributed by atoms with Gasteiger partial charge in [0.2, 0.25) is 0 Å². The number of carbonyl (C=O) groups is 2. The van der Waals surface area contributed by atoms with E-state index < -0.39 is 5.97 Å². The van der Waals surface area contributed by atoms with E-state index in [0.717, 1.165) is 24.0 Å². The van der Waals surface area contributed by atoms with E-state index in [1.54, 1.807) is 24.0 Å². The minimum atomic E-state index is -1.02. The van der Waals surface area contributed by atoms with Gasteiger partial charge in [-0.05, 0) is 49.1 Å². The van der Waals surface area contributed by atoms with E-state index in [4.69, 9.17) is 4.74 Å². The number of nitrogens with zero attached hydrogens (tertiary/aromatic N) is 1. The topological polar surface area (TPSA) is 66.8 Å². The molecule has 1 fully saturated rings. The van der Waals surface area contributed by atoms with Crippen molar-refractivity contribution in [3.8, 4) is 0 Å². The van der Waals surface area contributed by atoms with E-state index in [0.29, 0.717) is 25.3 Å². The van der Waals surface area contributed by atoms with E-state index in [1.165, 1.54) is 6.07 Å². The number of likely N-dealkylation sites (tertiary alicyclic amines) is 1.